The lowest BCUT2D eigenvalue weighted by Gasteiger charge is -1.91. The molecule has 0 aromatic rings. The molecule has 1 atom stereocenters. The Morgan fingerprint density at radius 2 is 2.38 bits per heavy atom. The van der Waals surface area contributed by atoms with E-state index in [2.05, 4.69) is 12.2 Å². The molecule has 8 heavy (non-hydrogen) atoms. The zero-order valence-electron chi connectivity index (χ0n) is 5.02. The van der Waals surface area contributed by atoms with Crippen LogP contribution in [0, 0.1) is 0 Å². The lowest BCUT2D eigenvalue weighted by molar-refractivity contribution is 0.399. The van der Waals surface area contributed by atoms with Crippen molar-refractivity contribution in [2.75, 3.05) is 19.7 Å². The van der Waals surface area contributed by atoms with Gasteiger partial charge in [-0.3, -0.25) is 0 Å². The second-order valence-electron chi connectivity index (χ2n) is 1.76. The van der Waals surface area contributed by atoms with Crippen LogP contribution in [0.25, 0.3) is 0 Å². The van der Waals surface area contributed by atoms with Crippen molar-refractivity contribution in [3.05, 3.63) is 0 Å². The molecule has 1 heterocycles. The van der Waals surface area contributed by atoms with Crippen molar-refractivity contribution in [1.29, 1.82) is 0 Å². The second-order valence-corrected chi connectivity index (χ2v) is 1.76. The first-order chi connectivity index (χ1) is 3.43. The van der Waals surface area contributed by atoms with Gasteiger partial charge in [-0.25, -0.2) is 0 Å². The Morgan fingerprint density at radius 1 is 1.75 bits per heavy atom. The predicted octanol–water partition coefficient (Wildman–Crippen LogP) is 0.573. The van der Waals surface area contributed by atoms with Gasteiger partial charge in [0, 0.05) is 6.54 Å². The van der Waals surface area contributed by atoms with Crippen LogP contribution in [0.5, 0.6) is 0 Å². The molecular formula is C5H12BrNO. The molecule has 1 rings (SSSR count). The summed E-state index contributed by atoms with van der Waals surface area (Å²) < 4.78 is 4.95. The normalized spacial score (nSPS) is 24.4. The number of ether oxygens (including phenoxy) is 1. The molecule has 0 spiro atoms. The van der Waals surface area contributed by atoms with Crippen LogP contribution in [0.4, 0.5) is 0 Å². The van der Waals surface area contributed by atoms with Gasteiger partial charge in [0.05, 0.1) is 12.7 Å². The van der Waals surface area contributed by atoms with Gasteiger partial charge in [-0.05, 0) is 6.54 Å². The van der Waals surface area contributed by atoms with E-state index in [1.165, 1.54) is 0 Å². The fourth-order valence-electron chi connectivity index (χ4n) is 0.491. The lowest BCUT2D eigenvalue weighted by Crippen LogP contribution is -2.18. The van der Waals surface area contributed by atoms with Gasteiger partial charge in [-0.15, -0.1) is 17.0 Å². The maximum atomic E-state index is 4.95. The van der Waals surface area contributed by atoms with Crippen LogP contribution in [0.2, 0.25) is 0 Å². The van der Waals surface area contributed by atoms with Gasteiger partial charge in [0.1, 0.15) is 0 Å². The van der Waals surface area contributed by atoms with Crippen molar-refractivity contribution >= 4 is 17.0 Å². The van der Waals surface area contributed by atoms with Crippen molar-refractivity contribution in [2.45, 2.75) is 13.0 Å². The van der Waals surface area contributed by atoms with Gasteiger partial charge in [-0.2, -0.15) is 0 Å². The third kappa shape index (κ3) is 3.41. The van der Waals surface area contributed by atoms with Gasteiger partial charge in [-0.1, -0.05) is 6.92 Å². The van der Waals surface area contributed by atoms with Crippen LogP contribution in [0.15, 0.2) is 0 Å². The summed E-state index contributed by atoms with van der Waals surface area (Å²) in [5, 5.41) is 3.19. The highest BCUT2D eigenvalue weighted by atomic mass is 79.9. The summed E-state index contributed by atoms with van der Waals surface area (Å²) >= 11 is 0. The monoisotopic (exact) mass is 181 g/mol. The molecule has 1 fully saturated rings. The molecule has 0 saturated carbocycles. The summed E-state index contributed by atoms with van der Waals surface area (Å²) in [7, 11) is 0. The van der Waals surface area contributed by atoms with Crippen molar-refractivity contribution < 1.29 is 4.74 Å². The molecule has 1 N–H and O–H groups in total. The molecule has 3 heteroatoms. The minimum atomic E-state index is 0. The first-order valence-corrected chi connectivity index (χ1v) is 2.76. The number of hydrogen-bond donors (Lipinski definition) is 1. The van der Waals surface area contributed by atoms with Crippen molar-refractivity contribution in [1.82, 2.24) is 5.32 Å². The summed E-state index contributed by atoms with van der Waals surface area (Å²) in [6, 6.07) is 0. The standard InChI is InChI=1S/C5H11NO.BrH/c1-2-6-3-5-4-7-5;/h5-6H,2-4H2,1H3;1H. The Hall–Kier alpha value is 0.400. The van der Waals surface area contributed by atoms with E-state index >= 15 is 0 Å². The maximum Gasteiger partial charge on any atom is 0.0933 e. The average molecular weight is 182 g/mol. The Balaban J connectivity index is 0.000000490. The van der Waals surface area contributed by atoms with Crippen molar-refractivity contribution in [3.63, 3.8) is 0 Å². The Labute approximate surface area is 60.4 Å². The Morgan fingerprint density at radius 3 is 2.75 bits per heavy atom. The molecule has 0 radical (unpaired) electrons. The van der Waals surface area contributed by atoms with E-state index < -0.39 is 0 Å². The summed E-state index contributed by atoms with van der Waals surface area (Å²) in [6.45, 7) is 5.16. The van der Waals surface area contributed by atoms with Crippen molar-refractivity contribution in [2.24, 2.45) is 0 Å². The van der Waals surface area contributed by atoms with Crippen LogP contribution in [-0.4, -0.2) is 25.8 Å². The summed E-state index contributed by atoms with van der Waals surface area (Å²) in [4.78, 5) is 0. The van der Waals surface area contributed by atoms with E-state index in [0.29, 0.717) is 6.10 Å². The fourth-order valence-corrected chi connectivity index (χ4v) is 0.491. The number of epoxide rings is 1. The average Bonchev–Trinajstić information content (AvgIpc) is 2.42. The maximum absolute atomic E-state index is 4.95. The van der Waals surface area contributed by atoms with Crippen LogP contribution < -0.4 is 5.32 Å². The molecule has 0 aromatic carbocycles. The Kier molecular flexibility index (Phi) is 4.51. The van der Waals surface area contributed by atoms with Gasteiger partial charge < -0.3 is 10.1 Å². The Bertz CT molecular complexity index is 56.4. The quantitative estimate of drug-likeness (QED) is 0.645. The first kappa shape index (κ1) is 8.40. The first-order valence-electron chi connectivity index (χ1n) is 2.76. The molecule has 0 aromatic heterocycles. The van der Waals surface area contributed by atoms with Crippen LogP contribution >= 0.6 is 17.0 Å². The molecule has 1 saturated heterocycles. The number of likely N-dealkylation sites (N-methyl/N-ethyl adjacent to an activating group) is 1. The minimum Gasteiger partial charge on any atom is -0.372 e. The molecule has 0 aliphatic carbocycles. The van der Waals surface area contributed by atoms with E-state index in [0.717, 1.165) is 19.7 Å². The smallest absolute Gasteiger partial charge is 0.0933 e. The van der Waals surface area contributed by atoms with Gasteiger partial charge in [0.25, 0.3) is 0 Å². The highest BCUT2D eigenvalue weighted by Gasteiger charge is 2.20. The zero-order valence-corrected chi connectivity index (χ0v) is 6.73. The molecule has 1 aliphatic rings. The van der Waals surface area contributed by atoms with Gasteiger partial charge in [0.15, 0.2) is 0 Å². The third-order valence-corrected chi connectivity index (χ3v) is 1.02. The van der Waals surface area contributed by atoms with Crippen LogP contribution in [-0.2, 0) is 4.74 Å². The van der Waals surface area contributed by atoms with E-state index in [1.807, 2.05) is 0 Å². The highest BCUT2D eigenvalue weighted by molar-refractivity contribution is 8.93. The number of halogens is 1. The number of hydrogen-bond acceptors (Lipinski definition) is 2. The van der Waals surface area contributed by atoms with Crippen molar-refractivity contribution in [3.8, 4) is 0 Å². The summed E-state index contributed by atoms with van der Waals surface area (Å²) in [5.74, 6) is 0. The second kappa shape index (κ2) is 4.30. The molecule has 2 nitrogen and oxygen atoms in total. The lowest BCUT2D eigenvalue weighted by atomic mass is 10.5. The molecule has 0 amide bonds. The van der Waals surface area contributed by atoms with Crippen LogP contribution in [0.1, 0.15) is 6.92 Å². The fraction of sp³-hybridized carbons (Fsp3) is 1.00. The SMILES string of the molecule is Br.CCNCC1CO1. The van der Waals surface area contributed by atoms with E-state index in [1.54, 1.807) is 0 Å². The molecule has 1 aliphatic heterocycles. The van der Waals surface area contributed by atoms with E-state index in [-0.39, 0.29) is 17.0 Å². The summed E-state index contributed by atoms with van der Waals surface area (Å²) in [5.41, 5.74) is 0. The predicted molar refractivity (Wildman–Crippen MR) is 38.6 cm³/mol. The third-order valence-electron chi connectivity index (χ3n) is 1.02. The number of nitrogens with one attached hydrogen (secondary N) is 1. The molecule has 50 valence electrons. The van der Waals surface area contributed by atoms with Gasteiger partial charge in [0.2, 0.25) is 0 Å². The van der Waals surface area contributed by atoms with E-state index in [9.17, 15) is 0 Å². The zero-order chi connectivity index (χ0) is 5.11. The minimum absolute atomic E-state index is 0. The largest absolute Gasteiger partial charge is 0.372 e. The van der Waals surface area contributed by atoms with Gasteiger partial charge >= 0.3 is 0 Å². The highest BCUT2D eigenvalue weighted by Crippen LogP contribution is 2.05. The molecule has 0 bridgehead atoms. The molecule has 1 unspecified atom stereocenters. The topological polar surface area (TPSA) is 24.6 Å². The van der Waals surface area contributed by atoms with Crippen LogP contribution in [0.3, 0.4) is 0 Å². The summed E-state index contributed by atoms with van der Waals surface area (Å²) in [6.07, 6.45) is 0.542. The molecular weight excluding hydrogens is 170 g/mol. The number of rotatable bonds is 3. The van der Waals surface area contributed by atoms with E-state index in [4.69, 9.17) is 4.74 Å².